The second-order valence-corrected chi connectivity index (χ2v) is 8.08. The van der Waals surface area contributed by atoms with E-state index >= 15 is 0 Å². The number of aliphatic hydroxyl groups is 1. The standard InChI is InChI=1S/C23H20N8O/c24-5-4-23(11-16(12-23)13-25)31-7-3-19(29-31)22-18-2-1-6-26-21(18)10-20(28-22)17-14-27-30(15-17)8-9-32/h1-3,6-7,10,14-16,32H,4,8-9,11-12H2/t16-,23-. The molecule has 9 heteroatoms. The van der Waals surface area contributed by atoms with Crippen LogP contribution in [0.25, 0.3) is 33.5 Å². The molecule has 32 heavy (non-hydrogen) atoms. The highest BCUT2D eigenvalue weighted by molar-refractivity contribution is 5.93. The minimum Gasteiger partial charge on any atom is -0.394 e. The van der Waals surface area contributed by atoms with Gasteiger partial charge in [0.1, 0.15) is 11.4 Å². The first-order valence-electron chi connectivity index (χ1n) is 10.4. The summed E-state index contributed by atoms with van der Waals surface area (Å²) in [5.74, 6) is -0.0436. The molecule has 0 spiro atoms. The van der Waals surface area contributed by atoms with Crippen LogP contribution in [0.5, 0.6) is 0 Å². The fraction of sp³-hybridized carbons (Fsp3) is 0.304. The largest absolute Gasteiger partial charge is 0.394 e. The average Bonchev–Trinajstić information content (AvgIpc) is 3.46. The molecule has 9 nitrogen and oxygen atoms in total. The fourth-order valence-corrected chi connectivity index (χ4v) is 4.36. The van der Waals surface area contributed by atoms with Gasteiger partial charge in [0.05, 0.1) is 60.6 Å². The van der Waals surface area contributed by atoms with Gasteiger partial charge in [-0.2, -0.15) is 20.7 Å². The van der Waals surface area contributed by atoms with Crippen LogP contribution in [0.15, 0.2) is 49.1 Å². The highest BCUT2D eigenvalue weighted by atomic mass is 16.3. The van der Waals surface area contributed by atoms with Gasteiger partial charge in [0.25, 0.3) is 0 Å². The Labute approximate surface area is 184 Å². The zero-order chi connectivity index (χ0) is 22.1. The number of fused-ring (bicyclic) bond motifs is 1. The van der Waals surface area contributed by atoms with Crippen LogP contribution in [0, 0.1) is 28.6 Å². The summed E-state index contributed by atoms with van der Waals surface area (Å²) >= 11 is 0. The van der Waals surface area contributed by atoms with Gasteiger partial charge in [0.15, 0.2) is 0 Å². The number of nitrogens with zero attached hydrogens (tertiary/aromatic N) is 8. The lowest BCUT2D eigenvalue weighted by Crippen LogP contribution is -2.46. The molecular formula is C23H20N8O. The van der Waals surface area contributed by atoms with Crippen LogP contribution in [0.2, 0.25) is 0 Å². The smallest absolute Gasteiger partial charge is 0.111 e. The van der Waals surface area contributed by atoms with Crippen molar-refractivity contribution in [1.82, 2.24) is 29.5 Å². The first-order valence-corrected chi connectivity index (χ1v) is 10.4. The summed E-state index contributed by atoms with van der Waals surface area (Å²) in [7, 11) is 0. The van der Waals surface area contributed by atoms with Crippen LogP contribution < -0.4 is 0 Å². The van der Waals surface area contributed by atoms with Crippen molar-refractivity contribution >= 4 is 10.9 Å². The third-order valence-corrected chi connectivity index (χ3v) is 6.02. The molecule has 5 rings (SSSR count). The third-order valence-electron chi connectivity index (χ3n) is 6.02. The van der Waals surface area contributed by atoms with E-state index in [1.165, 1.54) is 0 Å². The predicted molar refractivity (Wildman–Crippen MR) is 116 cm³/mol. The number of hydrogen-bond acceptors (Lipinski definition) is 7. The van der Waals surface area contributed by atoms with Gasteiger partial charge >= 0.3 is 0 Å². The quantitative estimate of drug-likeness (QED) is 0.504. The third kappa shape index (κ3) is 3.29. The molecule has 0 amide bonds. The van der Waals surface area contributed by atoms with Gasteiger partial charge in [-0.15, -0.1) is 0 Å². The zero-order valence-corrected chi connectivity index (χ0v) is 17.3. The van der Waals surface area contributed by atoms with Crippen LogP contribution in [0.3, 0.4) is 0 Å². The lowest BCUT2D eigenvalue weighted by Gasteiger charge is -2.43. The minimum atomic E-state index is -0.440. The Bertz CT molecular complexity index is 1370. The maximum atomic E-state index is 9.34. The molecule has 158 valence electrons. The Morgan fingerprint density at radius 3 is 2.88 bits per heavy atom. The minimum absolute atomic E-state index is 0.00755. The molecule has 0 radical (unpaired) electrons. The number of rotatable bonds is 6. The van der Waals surface area contributed by atoms with Gasteiger partial charge in [0, 0.05) is 29.5 Å². The van der Waals surface area contributed by atoms with Crippen molar-refractivity contribution in [3.63, 3.8) is 0 Å². The maximum Gasteiger partial charge on any atom is 0.111 e. The molecule has 0 atom stereocenters. The van der Waals surface area contributed by atoms with Gasteiger partial charge in [-0.3, -0.25) is 14.3 Å². The van der Waals surface area contributed by atoms with Crippen molar-refractivity contribution in [2.75, 3.05) is 6.61 Å². The van der Waals surface area contributed by atoms with Gasteiger partial charge in [-0.25, -0.2) is 4.98 Å². The Hall–Kier alpha value is -4.08. The number of pyridine rings is 2. The van der Waals surface area contributed by atoms with Crippen molar-refractivity contribution in [3.8, 4) is 34.8 Å². The Morgan fingerprint density at radius 1 is 1.22 bits per heavy atom. The molecule has 1 N–H and O–H groups in total. The van der Waals surface area contributed by atoms with Crippen LogP contribution in [-0.4, -0.2) is 41.2 Å². The molecule has 0 aliphatic heterocycles. The highest BCUT2D eigenvalue weighted by Gasteiger charge is 2.46. The molecule has 1 aliphatic rings. The van der Waals surface area contributed by atoms with E-state index < -0.39 is 5.54 Å². The van der Waals surface area contributed by atoms with E-state index in [-0.39, 0.29) is 12.5 Å². The van der Waals surface area contributed by atoms with E-state index in [0.717, 1.165) is 16.5 Å². The average molecular weight is 424 g/mol. The van der Waals surface area contributed by atoms with Crippen molar-refractivity contribution < 1.29 is 5.11 Å². The Morgan fingerprint density at radius 2 is 2.09 bits per heavy atom. The van der Waals surface area contributed by atoms with Crippen LogP contribution in [-0.2, 0) is 12.1 Å². The number of nitriles is 2. The first kappa shape index (κ1) is 19.9. The lowest BCUT2D eigenvalue weighted by molar-refractivity contribution is 0.0884. The summed E-state index contributed by atoms with van der Waals surface area (Å²) in [6.07, 6.45) is 8.72. The van der Waals surface area contributed by atoms with Gasteiger partial charge in [-0.05, 0) is 37.1 Å². The molecular weight excluding hydrogens is 404 g/mol. The SMILES string of the molecule is N#CC[C@]1(n2ccc(-c3nc(-c4cnn(CCO)c4)cc4ncccc34)n2)C[C@H](C#N)C1. The number of hydrogen-bond donors (Lipinski definition) is 1. The van der Waals surface area contributed by atoms with Crippen LogP contribution in [0.1, 0.15) is 19.3 Å². The van der Waals surface area contributed by atoms with Crippen molar-refractivity contribution in [2.45, 2.75) is 31.3 Å². The van der Waals surface area contributed by atoms with Crippen molar-refractivity contribution in [1.29, 1.82) is 10.5 Å². The van der Waals surface area contributed by atoms with Crippen LogP contribution >= 0.6 is 0 Å². The number of aliphatic hydroxyl groups excluding tert-OH is 1. The molecule has 1 fully saturated rings. The van der Waals surface area contributed by atoms with E-state index in [1.54, 1.807) is 17.1 Å². The summed E-state index contributed by atoms with van der Waals surface area (Å²) in [5, 5.41) is 37.7. The Kier molecular flexibility index (Phi) is 4.89. The summed E-state index contributed by atoms with van der Waals surface area (Å²) in [5.41, 5.74) is 3.27. The monoisotopic (exact) mass is 424 g/mol. The Balaban J connectivity index is 1.58. The highest BCUT2D eigenvalue weighted by Crippen LogP contribution is 2.46. The zero-order valence-electron chi connectivity index (χ0n) is 17.3. The summed E-state index contributed by atoms with van der Waals surface area (Å²) in [4.78, 5) is 9.39. The molecule has 4 aromatic rings. The molecule has 0 unspecified atom stereocenters. The normalized spacial score (nSPS) is 19.9. The van der Waals surface area contributed by atoms with Gasteiger partial charge in [-0.1, -0.05) is 0 Å². The lowest BCUT2D eigenvalue weighted by atomic mass is 9.67. The first-order chi connectivity index (χ1) is 15.7. The fourth-order valence-electron chi connectivity index (χ4n) is 4.36. The summed E-state index contributed by atoms with van der Waals surface area (Å²) in [6, 6.07) is 12.2. The van der Waals surface area contributed by atoms with E-state index in [0.29, 0.717) is 42.9 Å². The second-order valence-electron chi connectivity index (χ2n) is 8.08. The molecule has 4 aromatic heterocycles. The molecule has 0 saturated heterocycles. The molecule has 4 heterocycles. The van der Waals surface area contributed by atoms with Crippen molar-refractivity contribution in [2.24, 2.45) is 5.92 Å². The summed E-state index contributed by atoms with van der Waals surface area (Å²) in [6.45, 7) is 0.418. The van der Waals surface area contributed by atoms with E-state index in [9.17, 15) is 10.5 Å². The van der Waals surface area contributed by atoms with Crippen molar-refractivity contribution in [3.05, 3.63) is 49.1 Å². The van der Waals surface area contributed by atoms with E-state index in [4.69, 9.17) is 15.2 Å². The topological polar surface area (TPSA) is 129 Å². The second kappa shape index (κ2) is 7.88. The predicted octanol–water partition coefficient (Wildman–Crippen LogP) is 2.89. The van der Waals surface area contributed by atoms with Gasteiger partial charge < -0.3 is 5.11 Å². The summed E-state index contributed by atoms with van der Waals surface area (Å²) < 4.78 is 3.50. The number of aromatic nitrogens is 6. The molecule has 1 aliphatic carbocycles. The van der Waals surface area contributed by atoms with Crippen LogP contribution in [0.4, 0.5) is 0 Å². The van der Waals surface area contributed by atoms with E-state index in [1.807, 2.05) is 41.3 Å². The maximum absolute atomic E-state index is 9.34. The molecule has 0 aromatic carbocycles. The molecule has 0 bridgehead atoms. The van der Waals surface area contributed by atoms with E-state index in [2.05, 4.69) is 22.2 Å². The molecule has 1 saturated carbocycles. The van der Waals surface area contributed by atoms with Gasteiger partial charge in [0.2, 0.25) is 0 Å².